The van der Waals surface area contributed by atoms with Crippen molar-refractivity contribution >= 4 is 17.7 Å². The van der Waals surface area contributed by atoms with Crippen LogP contribution in [0.5, 0.6) is 5.75 Å². The largest absolute Gasteiger partial charge is 0.484 e. The zero-order valence-corrected chi connectivity index (χ0v) is 19.4. The van der Waals surface area contributed by atoms with Gasteiger partial charge in [-0.2, -0.15) is 0 Å². The van der Waals surface area contributed by atoms with Gasteiger partial charge < -0.3 is 19.9 Å². The molecule has 31 heavy (non-hydrogen) atoms. The van der Waals surface area contributed by atoms with E-state index in [9.17, 15) is 14.4 Å². The van der Waals surface area contributed by atoms with Gasteiger partial charge in [0.05, 0.1) is 13.1 Å². The maximum Gasteiger partial charge on any atom is 0.260 e. The van der Waals surface area contributed by atoms with Gasteiger partial charge in [-0.3, -0.25) is 19.3 Å². The van der Waals surface area contributed by atoms with Gasteiger partial charge in [0.25, 0.3) is 5.91 Å². The Kier molecular flexibility index (Phi) is 8.86. The maximum atomic E-state index is 12.6. The minimum atomic E-state index is -0.255. The van der Waals surface area contributed by atoms with Crippen LogP contribution in [-0.2, 0) is 20.8 Å². The van der Waals surface area contributed by atoms with Crippen molar-refractivity contribution in [2.24, 2.45) is 0 Å². The lowest BCUT2D eigenvalue weighted by Gasteiger charge is -2.35. The molecule has 1 N–H and O–H groups in total. The van der Waals surface area contributed by atoms with Crippen molar-refractivity contribution in [3.63, 3.8) is 0 Å². The minimum Gasteiger partial charge on any atom is -0.484 e. The first-order valence-corrected chi connectivity index (χ1v) is 10.8. The van der Waals surface area contributed by atoms with Gasteiger partial charge in [0.15, 0.2) is 6.61 Å². The molecule has 8 heteroatoms. The van der Waals surface area contributed by atoms with E-state index in [4.69, 9.17) is 4.74 Å². The van der Waals surface area contributed by atoms with Crippen LogP contribution in [0, 0.1) is 0 Å². The second-order valence-electron chi connectivity index (χ2n) is 8.99. The summed E-state index contributed by atoms with van der Waals surface area (Å²) in [7, 11) is 1.61. The second kappa shape index (κ2) is 11.1. The fourth-order valence-corrected chi connectivity index (χ4v) is 3.28. The van der Waals surface area contributed by atoms with Crippen molar-refractivity contribution in [2.45, 2.75) is 39.7 Å². The summed E-state index contributed by atoms with van der Waals surface area (Å²) in [5.74, 6) is 0.284. The number of benzene rings is 1. The molecule has 1 aliphatic heterocycles. The highest BCUT2D eigenvalue weighted by Crippen LogP contribution is 2.12. The van der Waals surface area contributed by atoms with Gasteiger partial charge in [0.2, 0.25) is 11.8 Å². The highest BCUT2D eigenvalue weighted by Gasteiger charge is 2.25. The van der Waals surface area contributed by atoms with Gasteiger partial charge in [-0.15, -0.1) is 0 Å². The van der Waals surface area contributed by atoms with Crippen LogP contribution in [0.2, 0.25) is 0 Å². The van der Waals surface area contributed by atoms with E-state index in [2.05, 4.69) is 12.2 Å². The third kappa shape index (κ3) is 8.57. The number of ether oxygens (including phenoxy) is 1. The van der Waals surface area contributed by atoms with Crippen LogP contribution in [-0.4, -0.2) is 90.9 Å². The van der Waals surface area contributed by atoms with Crippen LogP contribution in [0.1, 0.15) is 33.3 Å². The second-order valence-corrected chi connectivity index (χ2v) is 8.99. The summed E-state index contributed by atoms with van der Waals surface area (Å²) in [4.78, 5) is 42.1. The summed E-state index contributed by atoms with van der Waals surface area (Å²) in [5, 5.41) is 2.95. The molecule has 1 aliphatic rings. The standard InChI is InChI=1S/C23H36N4O4/c1-6-18-7-9-19(10-8-18)31-17-22(30)25(5)16-21(29)27-13-11-26(12-14-27)15-20(28)24-23(2,3)4/h7-10H,6,11-17H2,1-5H3,(H,24,28). The van der Waals surface area contributed by atoms with E-state index in [1.807, 2.05) is 49.9 Å². The first kappa shape index (κ1) is 24.7. The molecule has 1 aromatic carbocycles. The Labute approximate surface area is 185 Å². The molecule has 0 unspecified atom stereocenters. The molecule has 1 fully saturated rings. The van der Waals surface area contributed by atoms with Crippen LogP contribution in [0.25, 0.3) is 0 Å². The molecule has 0 aliphatic carbocycles. The van der Waals surface area contributed by atoms with Crippen LogP contribution in [0.4, 0.5) is 0 Å². The van der Waals surface area contributed by atoms with E-state index in [-0.39, 0.29) is 36.4 Å². The number of aryl methyl sites for hydroxylation is 1. The molecule has 0 spiro atoms. The van der Waals surface area contributed by atoms with Crippen molar-refractivity contribution in [3.05, 3.63) is 29.8 Å². The van der Waals surface area contributed by atoms with E-state index in [1.54, 1.807) is 11.9 Å². The summed E-state index contributed by atoms with van der Waals surface area (Å²) in [5.41, 5.74) is 0.950. The number of hydrogen-bond donors (Lipinski definition) is 1. The molecule has 1 heterocycles. The fourth-order valence-electron chi connectivity index (χ4n) is 3.28. The van der Waals surface area contributed by atoms with Crippen LogP contribution in [0.3, 0.4) is 0 Å². The molecule has 172 valence electrons. The quantitative estimate of drug-likeness (QED) is 0.666. The van der Waals surface area contributed by atoms with Crippen molar-refractivity contribution in [3.8, 4) is 5.75 Å². The Bertz CT molecular complexity index is 750. The smallest absolute Gasteiger partial charge is 0.260 e. The van der Waals surface area contributed by atoms with Crippen LogP contribution >= 0.6 is 0 Å². The zero-order chi connectivity index (χ0) is 23.0. The topological polar surface area (TPSA) is 82.2 Å². The lowest BCUT2D eigenvalue weighted by atomic mass is 10.1. The molecular weight excluding hydrogens is 396 g/mol. The van der Waals surface area contributed by atoms with E-state index in [1.165, 1.54) is 10.5 Å². The first-order valence-electron chi connectivity index (χ1n) is 10.8. The minimum absolute atomic E-state index is 0.0121. The van der Waals surface area contributed by atoms with Crippen LogP contribution < -0.4 is 10.1 Å². The average molecular weight is 433 g/mol. The zero-order valence-electron chi connectivity index (χ0n) is 19.4. The molecule has 3 amide bonds. The molecule has 0 saturated carbocycles. The monoisotopic (exact) mass is 432 g/mol. The number of piperazine rings is 1. The van der Waals surface area contributed by atoms with E-state index < -0.39 is 0 Å². The molecule has 1 saturated heterocycles. The Morgan fingerprint density at radius 2 is 1.68 bits per heavy atom. The van der Waals surface area contributed by atoms with Crippen molar-refractivity contribution in [1.82, 2.24) is 20.0 Å². The maximum absolute atomic E-state index is 12.6. The predicted molar refractivity (Wildman–Crippen MR) is 120 cm³/mol. The molecule has 8 nitrogen and oxygen atoms in total. The third-order valence-electron chi connectivity index (χ3n) is 5.10. The number of hydrogen-bond acceptors (Lipinski definition) is 5. The SMILES string of the molecule is CCc1ccc(OCC(=O)N(C)CC(=O)N2CCN(CC(=O)NC(C)(C)C)CC2)cc1. The number of rotatable bonds is 8. The van der Waals surface area contributed by atoms with Crippen molar-refractivity contribution in [2.75, 3.05) is 52.9 Å². The molecular formula is C23H36N4O4. The Morgan fingerprint density at radius 1 is 1.06 bits per heavy atom. The van der Waals surface area contributed by atoms with E-state index >= 15 is 0 Å². The normalized spacial score (nSPS) is 14.8. The Hall–Kier alpha value is -2.61. The average Bonchev–Trinajstić information content (AvgIpc) is 2.71. The van der Waals surface area contributed by atoms with Crippen molar-refractivity contribution in [1.29, 1.82) is 0 Å². The van der Waals surface area contributed by atoms with E-state index in [0.717, 1.165) is 6.42 Å². The summed E-state index contributed by atoms with van der Waals surface area (Å²) in [6, 6.07) is 7.63. The van der Waals surface area contributed by atoms with Gasteiger partial charge in [-0.1, -0.05) is 19.1 Å². The highest BCUT2D eigenvalue weighted by atomic mass is 16.5. The first-order chi connectivity index (χ1) is 14.6. The van der Waals surface area contributed by atoms with Gasteiger partial charge >= 0.3 is 0 Å². The summed E-state index contributed by atoms with van der Waals surface area (Å²) in [6.07, 6.45) is 0.947. The molecule has 2 rings (SSSR count). The van der Waals surface area contributed by atoms with Gasteiger partial charge in [0, 0.05) is 38.8 Å². The van der Waals surface area contributed by atoms with E-state index in [0.29, 0.717) is 38.5 Å². The summed E-state index contributed by atoms with van der Waals surface area (Å²) in [6.45, 7) is 10.5. The predicted octanol–water partition coefficient (Wildman–Crippen LogP) is 1.15. The fraction of sp³-hybridized carbons (Fsp3) is 0.609. The number of likely N-dealkylation sites (N-methyl/N-ethyl adjacent to an activating group) is 1. The number of carbonyl (C=O) groups is 3. The lowest BCUT2D eigenvalue weighted by Crippen LogP contribution is -2.54. The molecule has 0 bridgehead atoms. The molecule has 0 atom stereocenters. The third-order valence-corrected chi connectivity index (χ3v) is 5.10. The lowest BCUT2D eigenvalue weighted by molar-refractivity contribution is -0.141. The summed E-state index contributed by atoms with van der Waals surface area (Å²) >= 11 is 0. The number of nitrogens with one attached hydrogen (secondary N) is 1. The molecule has 0 radical (unpaired) electrons. The van der Waals surface area contributed by atoms with Gasteiger partial charge in [0.1, 0.15) is 5.75 Å². The van der Waals surface area contributed by atoms with Crippen LogP contribution in [0.15, 0.2) is 24.3 Å². The highest BCUT2D eigenvalue weighted by molar-refractivity contribution is 5.85. The molecule has 0 aromatic heterocycles. The van der Waals surface area contributed by atoms with Gasteiger partial charge in [-0.05, 0) is 44.9 Å². The number of amides is 3. The Morgan fingerprint density at radius 3 is 2.23 bits per heavy atom. The summed E-state index contributed by atoms with van der Waals surface area (Å²) < 4.78 is 5.54. The number of nitrogens with zero attached hydrogens (tertiary/aromatic N) is 3. The number of carbonyl (C=O) groups excluding carboxylic acids is 3. The van der Waals surface area contributed by atoms with Gasteiger partial charge in [-0.25, -0.2) is 0 Å². The Balaban J connectivity index is 1.71. The van der Waals surface area contributed by atoms with Crippen molar-refractivity contribution < 1.29 is 19.1 Å². The molecule has 1 aromatic rings.